The Bertz CT molecular complexity index is 1680. The van der Waals surface area contributed by atoms with Gasteiger partial charge in [-0.3, -0.25) is 19.1 Å². The molecule has 0 aliphatic heterocycles. The van der Waals surface area contributed by atoms with Crippen LogP contribution in [-0.2, 0) is 4.74 Å². The first-order valence-corrected chi connectivity index (χ1v) is 13.3. The first-order valence-electron chi connectivity index (χ1n) is 13.3. The molecule has 0 spiro atoms. The molecule has 222 valence electrons. The normalized spacial score (nSPS) is 15.8. The summed E-state index contributed by atoms with van der Waals surface area (Å²) in [6.07, 6.45) is 2.37. The van der Waals surface area contributed by atoms with Crippen LogP contribution in [0.3, 0.4) is 0 Å². The Morgan fingerprint density at radius 3 is 2.55 bits per heavy atom. The zero-order chi connectivity index (χ0) is 30.8. The van der Waals surface area contributed by atoms with E-state index in [1.54, 1.807) is 20.8 Å². The highest BCUT2D eigenvalue weighted by Crippen LogP contribution is 2.27. The molecule has 4 aromatic rings. The quantitative estimate of drug-likeness (QED) is 0.342. The number of hydrogen-bond acceptors (Lipinski definition) is 8. The summed E-state index contributed by atoms with van der Waals surface area (Å²) in [7, 11) is 1.45. The van der Waals surface area contributed by atoms with E-state index in [-0.39, 0.29) is 40.8 Å². The van der Waals surface area contributed by atoms with Crippen LogP contribution in [0, 0.1) is 5.82 Å². The number of pyridine rings is 2. The lowest BCUT2D eigenvalue weighted by Gasteiger charge is -2.25. The van der Waals surface area contributed by atoms with Crippen LogP contribution in [0.5, 0.6) is 0 Å². The molecular formula is C28H32F2N8O4. The van der Waals surface area contributed by atoms with Crippen molar-refractivity contribution in [3.05, 3.63) is 70.7 Å². The van der Waals surface area contributed by atoms with E-state index in [0.29, 0.717) is 0 Å². The summed E-state index contributed by atoms with van der Waals surface area (Å²) < 4.78 is 35.5. The molecule has 2 N–H and O–H groups in total. The van der Waals surface area contributed by atoms with Gasteiger partial charge in [0.2, 0.25) is 0 Å². The van der Waals surface area contributed by atoms with Crippen molar-refractivity contribution in [1.29, 1.82) is 0 Å². The molecule has 0 aromatic carbocycles. The second-order valence-electron chi connectivity index (χ2n) is 10.2. The van der Waals surface area contributed by atoms with Gasteiger partial charge in [-0.1, -0.05) is 13.8 Å². The summed E-state index contributed by atoms with van der Waals surface area (Å²) >= 11 is 0. The molecule has 2 amide bonds. The van der Waals surface area contributed by atoms with Crippen LogP contribution in [0.2, 0.25) is 0 Å². The van der Waals surface area contributed by atoms with E-state index in [1.807, 2.05) is 13.8 Å². The van der Waals surface area contributed by atoms with Crippen molar-refractivity contribution < 1.29 is 23.1 Å². The molecule has 4 heterocycles. The Labute approximate surface area is 240 Å². The largest absolute Gasteiger partial charge is 0.443 e. The lowest BCUT2D eigenvalue weighted by molar-refractivity contribution is 0.0587. The van der Waals surface area contributed by atoms with Gasteiger partial charge in [0, 0.05) is 31.9 Å². The van der Waals surface area contributed by atoms with Crippen molar-refractivity contribution in [1.82, 2.24) is 29.5 Å². The third-order valence-corrected chi connectivity index (χ3v) is 5.91. The highest BCUT2D eigenvalue weighted by Gasteiger charge is 2.39. The number of nitrogens with one attached hydrogen (secondary N) is 2. The maximum atomic E-state index is 14.4. The van der Waals surface area contributed by atoms with Gasteiger partial charge in [-0.15, -0.1) is 0 Å². The molecule has 1 saturated carbocycles. The standard InChI is InChI=1S/C26H26F2N8O4.C2H6/c1-26(2,3)40-25(39)34(4)20-12-19(33-21-14(13-30-36(20)21)23(37)32-18-11-16(18)28)31-17-8-6-10-35(24(17)38)22-15(27)7-5-9-29-22;1-2/h5-10,12-13,16,18H,11H2,1-4H3,(H,31,33)(H,32,37);1-2H3. The number of anilines is 3. The molecule has 0 bridgehead atoms. The Balaban J connectivity index is 0.00000198. The number of aromatic nitrogens is 5. The Morgan fingerprint density at radius 1 is 1.19 bits per heavy atom. The number of halogens is 2. The molecular weight excluding hydrogens is 550 g/mol. The van der Waals surface area contributed by atoms with Crippen molar-refractivity contribution in [3.8, 4) is 5.82 Å². The molecule has 5 rings (SSSR count). The van der Waals surface area contributed by atoms with Gasteiger partial charge >= 0.3 is 6.09 Å². The lowest BCUT2D eigenvalue weighted by atomic mass is 10.2. The number of carbonyl (C=O) groups excluding carboxylic acids is 2. The summed E-state index contributed by atoms with van der Waals surface area (Å²) in [5.74, 6) is -1.25. The number of amides is 2. The maximum Gasteiger partial charge on any atom is 0.415 e. The molecule has 4 aromatic heterocycles. The SMILES string of the molecule is CC.CN(C(=O)OC(C)(C)C)c1cc(Nc2cccn(-c3ncccc3F)c2=O)nc2c(C(=O)NC3CC3F)cnn12. The molecule has 1 aliphatic carbocycles. The Hall–Kier alpha value is -4.88. The summed E-state index contributed by atoms with van der Waals surface area (Å²) in [5.41, 5.74) is -1.34. The smallest absolute Gasteiger partial charge is 0.415 e. The highest BCUT2D eigenvalue weighted by molar-refractivity contribution is 6.01. The van der Waals surface area contributed by atoms with E-state index >= 15 is 0 Å². The highest BCUT2D eigenvalue weighted by atomic mass is 19.1. The van der Waals surface area contributed by atoms with E-state index in [4.69, 9.17) is 4.74 Å². The van der Waals surface area contributed by atoms with Gasteiger partial charge in [-0.05, 0) is 45.0 Å². The monoisotopic (exact) mass is 582 g/mol. The fraction of sp³-hybridized carbons (Fsp3) is 0.357. The van der Waals surface area contributed by atoms with E-state index in [9.17, 15) is 23.2 Å². The van der Waals surface area contributed by atoms with E-state index in [0.717, 1.165) is 4.57 Å². The fourth-order valence-electron chi connectivity index (χ4n) is 3.84. The van der Waals surface area contributed by atoms with Crippen molar-refractivity contribution in [2.24, 2.45) is 0 Å². The molecule has 0 saturated heterocycles. The third-order valence-electron chi connectivity index (χ3n) is 5.91. The number of carbonyl (C=O) groups is 2. The van der Waals surface area contributed by atoms with Gasteiger partial charge in [-0.2, -0.15) is 9.61 Å². The average molecular weight is 583 g/mol. The first-order chi connectivity index (χ1) is 19.9. The van der Waals surface area contributed by atoms with Gasteiger partial charge < -0.3 is 15.4 Å². The van der Waals surface area contributed by atoms with Crippen LogP contribution in [0.4, 0.5) is 30.9 Å². The van der Waals surface area contributed by atoms with Crippen LogP contribution in [0.25, 0.3) is 11.5 Å². The molecule has 14 heteroatoms. The van der Waals surface area contributed by atoms with Gasteiger partial charge in [0.25, 0.3) is 11.5 Å². The summed E-state index contributed by atoms with van der Waals surface area (Å²) in [6.45, 7) is 9.14. The van der Waals surface area contributed by atoms with Gasteiger partial charge in [0.15, 0.2) is 17.3 Å². The molecule has 1 aliphatic rings. The minimum absolute atomic E-state index is 0.0130. The number of rotatable bonds is 6. The fourth-order valence-corrected chi connectivity index (χ4v) is 3.84. The van der Waals surface area contributed by atoms with Crippen molar-refractivity contribution in [3.63, 3.8) is 0 Å². The van der Waals surface area contributed by atoms with Crippen molar-refractivity contribution in [2.75, 3.05) is 17.3 Å². The average Bonchev–Trinajstić information content (AvgIpc) is 3.46. The second-order valence-corrected chi connectivity index (χ2v) is 10.2. The molecule has 2 atom stereocenters. The van der Waals surface area contributed by atoms with Crippen LogP contribution in [0.15, 0.2) is 53.7 Å². The minimum atomic E-state index is -1.12. The van der Waals surface area contributed by atoms with E-state index < -0.39 is 41.2 Å². The van der Waals surface area contributed by atoms with Crippen LogP contribution in [-0.4, -0.2) is 61.0 Å². The molecule has 42 heavy (non-hydrogen) atoms. The van der Waals surface area contributed by atoms with E-state index in [1.165, 1.54) is 65.4 Å². The first kappa shape index (κ1) is 30.1. The predicted molar refractivity (Wildman–Crippen MR) is 153 cm³/mol. The molecule has 0 radical (unpaired) electrons. The van der Waals surface area contributed by atoms with E-state index in [2.05, 4.69) is 25.7 Å². The van der Waals surface area contributed by atoms with Gasteiger partial charge in [-0.25, -0.2) is 23.5 Å². The van der Waals surface area contributed by atoms with Crippen LogP contribution >= 0.6 is 0 Å². The summed E-state index contributed by atoms with van der Waals surface area (Å²) in [4.78, 5) is 48.6. The number of nitrogens with zero attached hydrogens (tertiary/aromatic N) is 6. The maximum absolute atomic E-state index is 14.4. The lowest BCUT2D eigenvalue weighted by Crippen LogP contribution is -2.35. The summed E-state index contributed by atoms with van der Waals surface area (Å²) in [6, 6.07) is 6.41. The molecule has 2 unspecified atom stereocenters. The van der Waals surface area contributed by atoms with Gasteiger partial charge in [0.1, 0.15) is 34.7 Å². The van der Waals surface area contributed by atoms with Crippen LogP contribution in [0.1, 0.15) is 51.4 Å². The topological polar surface area (TPSA) is 136 Å². The minimum Gasteiger partial charge on any atom is -0.443 e. The zero-order valence-corrected chi connectivity index (χ0v) is 24.1. The second kappa shape index (κ2) is 11.9. The number of ether oxygens (including phenoxy) is 1. The molecule has 1 fully saturated rings. The predicted octanol–water partition coefficient (Wildman–Crippen LogP) is 4.40. The van der Waals surface area contributed by atoms with Crippen LogP contribution < -0.4 is 21.1 Å². The Kier molecular flexibility index (Phi) is 8.54. The zero-order valence-electron chi connectivity index (χ0n) is 24.1. The number of hydrogen-bond donors (Lipinski definition) is 2. The Morgan fingerprint density at radius 2 is 1.90 bits per heavy atom. The van der Waals surface area contributed by atoms with Crippen molar-refractivity contribution >= 4 is 35.0 Å². The molecule has 12 nitrogen and oxygen atoms in total. The number of fused-ring (bicyclic) bond motifs is 1. The number of alkyl halides is 1. The van der Waals surface area contributed by atoms with Crippen molar-refractivity contribution in [2.45, 2.75) is 58.9 Å². The van der Waals surface area contributed by atoms with Gasteiger partial charge in [0.05, 0.1) is 12.2 Å². The summed E-state index contributed by atoms with van der Waals surface area (Å²) in [5, 5.41) is 9.69. The third kappa shape index (κ3) is 6.37.